The van der Waals surface area contributed by atoms with Crippen LogP contribution in [0.1, 0.15) is 17.5 Å². The van der Waals surface area contributed by atoms with E-state index in [1.807, 2.05) is 6.07 Å². The summed E-state index contributed by atoms with van der Waals surface area (Å²) in [5.74, 6) is 1.70. The van der Waals surface area contributed by atoms with E-state index in [0.29, 0.717) is 5.92 Å². The number of ether oxygens (including phenoxy) is 1. The molecule has 1 aliphatic carbocycles. The molecule has 16 heavy (non-hydrogen) atoms. The minimum Gasteiger partial charge on any atom is -0.496 e. The first kappa shape index (κ1) is 11.4. The zero-order valence-electron chi connectivity index (χ0n) is 9.95. The summed E-state index contributed by atoms with van der Waals surface area (Å²) in [7, 11) is 3.41. The summed E-state index contributed by atoms with van der Waals surface area (Å²) < 4.78 is 5.39. The lowest BCUT2D eigenvalue weighted by Crippen LogP contribution is -2.26. The Hall–Kier alpha value is -1.06. The molecule has 0 bridgehead atoms. The second-order valence-electron chi connectivity index (χ2n) is 4.26. The summed E-state index contributed by atoms with van der Waals surface area (Å²) in [5.41, 5.74) is 5.76. The third kappa shape index (κ3) is 2.36. The van der Waals surface area contributed by atoms with Gasteiger partial charge < -0.3 is 9.57 Å². The molecule has 0 aromatic heterocycles. The Balaban J connectivity index is 2.09. The van der Waals surface area contributed by atoms with Crippen LogP contribution in [0.25, 0.3) is 0 Å². The van der Waals surface area contributed by atoms with Gasteiger partial charge in [0.1, 0.15) is 5.75 Å². The van der Waals surface area contributed by atoms with Crippen molar-refractivity contribution >= 4 is 0 Å². The third-order valence-corrected chi connectivity index (χ3v) is 3.28. The highest BCUT2D eigenvalue weighted by Gasteiger charge is 2.20. The monoisotopic (exact) mass is 221 g/mol. The summed E-state index contributed by atoms with van der Waals surface area (Å²) in [4.78, 5) is 4.90. The first-order chi connectivity index (χ1) is 7.85. The Bertz CT molecular complexity index is 352. The van der Waals surface area contributed by atoms with Crippen LogP contribution in [-0.4, -0.2) is 20.8 Å². The van der Waals surface area contributed by atoms with Crippen LogP contribution in [0.15, 0.2) is 18.2 Å². The number of nitrogens with one attached hydrogen (secondary N) is 1. The van der Waals surface area contributed by atoms with E-state index >= 15 is 0 Å². The molecule has 1 aromatic carbocycles. The van der Waals surface area contributed by atoms with Crippen LogP contribution < -0.4 is 10.2 Å². The Morgan fingerprint density at radius 3 is 3.00 bits per heavy atom. The van der Waals surface area contributed by atoms with Crippen molar-refractivity contribution in [1.29, 1.82) is 0 Å². The fraction of sp³-hybridized carbons (Fsp3) is 0.538. The minimum atomic E-state index is 0.666. The number of fused-ring (bicyclic) bond motifs is 1. The first-order valence-electron chi connectivity index (χ1n) is 5.75. The van der Waals surface area contributed by atoms with Gasteiger partial charge in [-0.1, -0.05) is 12.1 Å². The zero-order chi connectivity index (χ0) is 11.4. The quantitative estimate of drug-likeness (QED) is 0.788. The summed E-state index contributed by atoms with van der Waals surface area (Å²) in [5, 5.41) is 0. The number of benzene rings is 1. The summed E-state index contributed by atoms with van der Waals surface area (Å²) in [6, 6.07) is 6.33. The number of rotatable bonds is 4. The number of hydrogen-bond acceptors (Lipinski definition) is 3. The summed E-state index contributed by atoms with van der Waals surface area (Å²) in [6.07, 6.45) is 3.42. The van der Waals surface area contributed by atoms with Gasteiger partial charge in [0.05, 0.1) is 14.2 Å². The van der Waals surface area contributed by atoms with Crippen LogP contribution >= 0.6 is 0 Å². The van der Waals surface area contributed by atoms with Gasteiger partial charge in [0.2, 0.25) is 0 Å². The molecule has 2 rings (SSSR count). The third-order valence-electron chi connectivity index (χ3n) is 3.28. The van der Waals surface area contributed by atoms with Gasteiger partial charge in [0.25, 0.3) is 0 Å². The fourth-order valence-electron chi connectivity index (χ4n) is 2.41. The van der Waals surface area contributed by atoms with Crippen LogP contribution in [0, 0.1) is 5.92 Å². The van der Waals surface area contributed by atoms with Gasteiger partial charge in [-0.15, -0.1) is 0 Å². The number of hydrogen-bond donors (Lipinski definition) is 1. The van der Waals surface area contributed by atoms with E-state index < -0.39 is 0 Å². The van der Waals surface area contributed by atoms with Crippen molar-refractivity contribution in [2.75, 3.05) is 20.8 Å². The number of hydroxylamine groups is 1. The van der Waals surface area contributed by atoms with E-state index in [1.165, 1.54) is 17.5 Å². The van der Waals surface area contributed by atoms with Gasteiger partial charge in [-0.3, -0.25) is 0 Å². The average molecular weight is 221 g/mol. The molecule has 3 heteroatoms. The highest BCUT2D eigenvalue weighted by molar-refractivity contribution is 5.41. The Morgan fingerprint density at radius 2 is 2.25 bits per heavy atom. The van der Waals surface area contributed by atoms with Crippen molar-refractivity contribution in [1.82, 2.24) is 5.48 Å². The molecular formula is C13H19NO2. The standard InChI is InChI=1S/C13H19NO2/c1-15-13-5-3-4-11-8-10(9-14-16-2)6-7-12(11)13/h3-5,10,14H,6-9H2,1-2H3. The molecule has 0 saturated carbocycles. The van der Waals surface area contributed by atoms with Gasteiger partial charge in [-0.2, -0.15) is 0 Å². The molecule has 0 spiro atoms. The van der Waals surface area contributed by atoms with Crippen molar-refractivity contribution in [3.8, 4) is 5.75 Å². The second kappa shape index (κ2) is 5.32. The van der Waals surface area contributed by atoms with Crippen molar-refractivity contribution in [3.63, 3.8) is 0 Å². The maximum atomic E-state index is 5.39. The molecule has 1 aliphatic rings. The average Bonchev–Trinajstić information content (AvgIpc) is 2.35. The van der Waals surface area contributed by atoms with E-state index in [2.05, 4.69) is 17.6 Å². The lowest BCUT2D eigenvalue weighted by Gasteiger charge is -2.25. The van der Waals surface area contributed by atoms with Gasteiger partial charge in [0.15, 0.2) is 0 Å². The molecule has 0 radical (unpaired) electrons. The van der Waals surface area contributed by atoms with Crippen molar-refractivity contribution < 1.29 is 9.57 Å². The van der Waals surface area contributed by atoms with Gasteiger partial charge in [-0.05, 0) is 42.4 Å². The van der Waals surface area contributed by atoms with Crippen molar-refractivity contribution in [3.05, 3.63) is 29.3 Å². The van der Waals surface area contributed by atoms with Crippen molar-refractivity contribution in [2.45, 2.75) is 19.3 Å². The molecule has 1 atom stereocenters. The smallest absolute Gasteiger partial charge is 0.122 e. The molecular weight excluding hydrogens is 202 g/mol. The van der Waals surface area contributed by atoms with Crippen LogP contribution in [0.4, 0.5) is 0 Å². The van der Waals surface area contributed by atoms with Crippen LogP contribution in [0.2, 0.25) is 0 Å². The van der Waals surface area contributed by atoms with Crippen LogP contribution in [0.5, 0.6) is 5.75 Å². The molecule has 0 fully saturated rings. The maximum absolute atomic E-state index is 5.39. The Morgan fingerprint density at radius 1 is 1.38 bits per heavy atom. The first-order valence-corrected chi connectivity index (χ1v) is 5.75. The van der Waals surface area contributed by atoms with E-state index in [0.717, 1.165) is 25.1 Å². The predicted octanol–water partition coefficient (Wildman–Crippen LogP) is 1.95. The lowest BCUT2D eigenvalue weighted by atomic mass is 9.83. The fourth-order valence-corrected chi connectivity index (χ4v) is 2.41. The molecule has 1 unspecified atom stereocenters. The highest BCUT2D eigenvalue weighted by Crippen LogP contribution is 2.31. The minimum absolute atomic E-state index is 0.666. The SMILES string of the molecule is CONCC1CCc2c(cccc2OC)C1. The van der Waals surface area contributed by atoms with Gasteiger partial charge >= 0.3 is 0 Å². The van der Waals surface area contributed by atoms with E-state index in [-0.39, 0.29) is 0 Å². The van der Waals surface area contributed by atoms with E-state index in [9.17, 15) is 0 Å². The highest BCUT2D eigenvalue weighted by atomic mass is 16.6. The zero-order valence-corrected chi connectivity index (χ0v) is 9.95. The molecule has 0 aliphatic heterocycles. The topological polar surface area (TPSA) is 30.5 Å². The summed E-state index contributed by atoms with van der Waals surface area (Å²) in [6.45, 7) is 0.924. The second-order valence-corrected chi connectivity index (χ2v) is 4.26. The summed E-state index contributed by atoms with van der Waals surface area (Å²) >= 11 is 0. The largest absolute Gasteiger partial charge is 0.496 e. The normalized spacial score (nSPS) is 19.2. The molecule has 0 heterocycles. The van der Waals surface area contributed by atoms with E-state index in [1.54, 1.807) is 14.2 Å². The van der Waals surface area contributed by atoms with Crippen molar-refractivity contribution in [2.24, 2.45) is 5.92 Å². The molecule has 1 N–H and O–H groups in total. The van der Waals surface area contributed by atoms with E-state index in [4.69, 9.17) is 9.57 Å². The Kier molecular flexibility index (Phi) is 3.80. The molecule has 0 amide bonds. The van der Waals surface area contributed by atoms with Gasteiger partial charge in [-0.25, -0.2) is 5.48 Å². The maximum Gasteiger partial charge on any atom is 0.122 e. The van der Waals surface area contributed by atoms with Gasteiger partial charge in [0, 0.05) is 6.54 Å². The molecule has 0 saturated heterocycles. The van der Waals surface area contributed by atoms with Crippen LogP contribution in [0.3, 0.4) is 0 Å². The Labute approximate surface area is 96.7 Å². The molecule has 88 valence electrons. The van der Waals surface area contributed by atoms with Crippen LogP contribution in [-0.2, 0) is 17.7 Å². The number of methoxy groups -OCH3 is 1. The predicted molar refractivity (Wildman–Crippen MR) is 63.5 cm³/mol. The molecule has 1 aromatic rings. The molecule has 3 nitrogen and oxygen atoms in total. The lowest BCUT2D eigenvalue weighted by molar-refractivity contribution is 0.0778.